The third-order valence-electron chi connectivity index (χ3n) is 3.19. The Balaban J connectivity index is 2.78. The maximum Gasteiger partial charge on any atom is 0.127 e. The number of hydrogen-bond donors (Lipinski definition) is 1. The van der Waals surface area contributed by atoms with Crippen molar-refractivity contribution in [2.75, 3.05) is 34.0 Å². The number of methoxy groups -OCH3 is 2. The van der Waals surface area contributed by atoms with Gasteiger partial charge in [-0.3, -0.25) is 0 Å². The number of hydrogen-bond acceptors (Lipinski definition) is 4. The lowest BCUT2D eigenvalue weighted by Crippen LogP contribution is -2.26. The van der Waals surface area contributed by atoms with Gasteiger partial charge in [0.05, 0.1) is 26.9 Å². The minimum atomic E-state index is 0.137. The fourth-order valence-electron chi connectivity index (χ4n) is 2.06. The first-order valence-corrected chi connectivity index (χ1v) is 7.29. The summed E-state index contributed by atoms with van der Waals surface area (Å²) in [4.78, 5) is 0. The lowest BCUT2D eigenvalue weighted by atomic mass is 10.1. The van der Waals surface area contributed by atoms with Gasteiger partial charge in [-0.2, -0.15) is 0 Å². The Bertz CT molecular complexity index is 382. The Morgan fingerprint density at radius 1 is 1.15 bits per heavy atom. The monoisotopic (exact) mass is 281 g/mol. The molecule has 0 spiro atoms. The number of unbranched alkanes of at least 4 members (excludes halogenated alkanes) is 1. The van der Waals surface area contributed by atoms with Crippen molar-refractivity contribution in [3.05, 3.63) is 23.8 Å². The molecule has 0 aliphatic rings. The SMILES string of the molecule is CCCCOCC(NCC)c1ccc(OC)cc1OC. The normalized spacial score (nSPS) is 12.2. The smallest absolute Gasteiger partial charge is 0.127 e. The first-order valence-electron chi connectivity index (χ1n) is 7.29. The van der Waals surface area contributed by atoms with E-state index in [1.807, 2.05) is 18.2 Å². The zero-order valence-corrected chi connectivity index (χ0v) is 13.1. The molecule has 0 saturated carbocycles. The van der Waals surface area contributed by atoms with E-state index < -0.39 is 0 Å². The molecule has 1 rings (SSSR count). The van der Waals surface area contributed by atoms with Crippen molar-refractivity contribution in [3.63, 3.8) is 0 Å². The topological polar surface area (TPSA) is 39.7 Å². The van der Waals surface area contributed by atoms with Gasteiger partial charge in [0.15, 0.2) is 0 Å². The largest absolute Gasteiger partial charge is 0.497 e. The van der Waals surface area contributed by atoms with Crippen molar-refractivity contribution < 1.29 is 14.2 Å². The van der Waals surface area contributed by atoms with Crippen molar-refractivity contribution in [2.24, 2.45) is 0 Å². The highest BCUT2D eigenvalue weighted by molar-refractivity contribution is 5.42. The average Bonchev–Trinajstić information content (AvgIpc) is 2.49. The Hall–Kier alpha value is -1.26. The summed E-state index contributed by atoms with van der Waals surface area (Å²) in [5, 5.41) is 3.44. The zero-order chi connectivity index (χ0) is 14.8. The molecule has 1 atom stereocenters. The number of likely N-dealkylation sites (N-methyl/N-ethyl adjacent to an activating group) is 1. The molecule has 0 aromatic heterocycles. The summed E-state index contributed by atoms with van der Waals surface area (Å²) in [5.74, 6) is 1.63. The molecule has 4 nitrogen and oxygen atoms in total. The second-order valence-electron chi connectivity index (χ2n) is 4.65. The number of rotatable bonds is 10. The van der Waals surface area contributed by atoms with Gasteiger partial charge in [-0.1, -0.05) is 20.3 Å². The molecule has 4 heteroatoms. The van der Waals surface area contributed by atoms with E-state index >= 15 is 0 Å². The van der Waals surface area contributed by atoms with Crippen LogP contribution in [0.3, 0.4) is 0 Å². The van der Waals surface area contributed by atoms with Crippen LogP contribution < -0.4 is 14.8 Å². The molecule has 0 bridgehead atoms. The fourth-order valence-corrected chi connectivity index (χ4v) is 2.06. The summed E-state index contributed by atoms with van der Waals surface area (Å²) >= 11 is 0. The van der Waals surface area contributed by atoms with Gasteiger partial charge in [-0.15, -0.1) is 0 Å². The molecule has 0 aliphatic carbocycles. The lowest BCUT2D eigenvalue weighted by molar-refractivity contribution is 0.108. The van der Waals surface area contributed by atoms with E-state index in [1.54, 1.807) is 14.2 Å². The third-order valence-corrected chi connectivity index (χ3v) is 3.19. The second-order valence-corrected chi connectivity index (χ2v) is 4.65. The van der Waals surface area contributed by atoms with Crippen molar-refractivity contribution in [1.82, 2.24) is 5.32 Å². The summed E-state index contributed by atoms with van der Waals surface area (Å²) in [6.07, 6.45) is 2.25. The summed E-state index contributed by atoms with van der Waals surface area (Å²) in [7, 11) is 3.34. The van der Waals surface area contributed by atoms with E-state index in [-0.39, 0.29) is 6.04 Å². The van der Waals surface area contributed by atoms with Gasteiger partial charge in [0, 0.05) is 18.2 Å². The van der Waals surface area contributed by atoms with Crippen molar-refractivity contribution in [3.8, 4) is 11.5 Å². The molecule has 0 fully saturated rings. The highest BCUT2D eigenvalue weighted by Crippen LogP contribution is 2.29. The van der Waals surface area contributed by atoms with Gasteiger partial charge in [-0.05, 0) is 25.1 Å². The summed E-state index contributed by atoms with van der Waals surface area (Å²) < 4.78 is 16.4. The molecular formula is C16H27NO3. The Morgan fingerprint density at radius 2 is 1.95 bits per heavy atom. The van der Waals surface area contributed by atoms with E-state index in [0.29, 0.717) is 6.61 Å². The first-order chi connectivity index (χ1) is 9.76. The van der Waals surface area contributed by atoms with Crippen LogP contribution in [0.2, 0.25) is 0 Å². The number of ether oxygens (including phenoxy) is 3. The molecule has 0 aliphatic heterocycles. The highest BCUT2D eigenvalue weighted by atomic mass is 16.5. The van der Waals surface area contributed by atoms with Crippen LogP contribution in [-0.4, -0.2) is 34.0 Å². The molecule has 1 unspecified atom stereocenters. The maximum absolute atomic E-state index is 5.75. The Morgan fingerprint density at radius 3 is 2.55 bits per heavy atom. The molecule has 0 radical (unpaired) electrons. The molecule has 0 amide bonds. The van der Waals surface area contributed by atoms with Crippen LogP contribution >= 0.6 is 0 Å². The molecule has 1 N–H and O–H groups in total. The first kappa shape index (κ1) is 16.8. The molecule has 20 heavy (non-hydrogen) atoms. The summed E-state index contributed by atoms with van der Waals surface area (Å²) in [6.45, 7) is 6.59. The predicted molar refractivity (Wildman–Crippen MR) is 81.7 cm³/mol. The van der Waals surface area contributed by atoms with Crippen LogP contribution in [0.25, 0.3) is 0 Å². The average molecular weight is 281 g/mol. The molecule has 1 aromatic carbocycles. The van der Waals surface area contributed by atoms with Crippen LogP contribution in [0.1, 0.15) is 38.3 Å². The van der Waals surface area contributed by atoms with Gasteiger partial charge in [0.1, 0.15) is 11.5 Å². The van der Waals surface area contributed by atoms with Crippen molar-refractivity contribution in [2.45, 2.75) is 32.7 Å². The van der Waals surface area contributed by atoms with Gasteiger partial charge < -0.3 is 19.5 Å². The quantitative estimate of drug-likeness (QED) is 0.669. The van der Waals surface area contributed by atoms with E-state index in [4.69, 9.17) is 14.2 Å². The van der Waals surface area contributed by atoms with Gasteiger partial charge in [0.25, 0.3) is 0 Å². The van der Waals surface area contributed by atoms with Gasteiger partial charge >= 0.3 is 0 Å². The van der Waals surface area contributed by atoms with Crippen molar-refractivity contribution >= 4 is 0 Å². The van der Waals surface area contributed by atoms with Crippen molar-refractivity contribution in [1.29, 1.82) is 0 Å². The molecule has 0 saturated heterocycles. The van der Waals surface area contributed by atoms with E-state index in [2.05, 4.69) is 19.2 Å². The van der Waals surface area contributed by atoms with Crippen LogP contribution in [-0.2, 0) is 4.74 Å². The Labute approximate surface area is 122 Å². The fraction of sp³-hybridized carbons (Fsp3) is 0.625. The molecule has 1 aromatic rings. The predicted octanol–water partition coefficient (Wildman–Crippen LogP) is 3.17. The van der Waals surface area contributed by atoms with E-state index in [1.165, 1.54) is 0 Å². The van der Waals surface area contributed by atoms with E-state index in [0.717, 1.165) is 43.1 Å². The highest BCUT2D eigenvalue weighted by Gasteiger charge is 2.16. The Kier molecular flexibility index (Phi) is 8.07. The lowest BCUT2D eigenvalue weighted by Gasteiger charge is -2.21. The molecule has 0 heterocycles. The van der Waals surface area contributed by atoms with Gasteiger partial charge in [0.2, 0.25) is 0 Å². The van der Waals surface area contributed by atoms with Crippen LogP contribution in [0, 0.1) is 0 Å². The minimum Gasteiger partial charge on any atom is -0.497 e. The van der Waals surface area contributed by atoms with E-state index in [9.17, 15) is 0 Å². The zero-order valence-electron chi connectivity index (χ0n) is 13.1. The molecular weight excluding hydrogens is 254 g/mol. The minimum absolute atomic E-state index is 0.137. The van der Waals surface area contributed by atoms with Crippen LogP contribution in [0.15, 0.2) is 18.2 Å². The molecule has 114 valence electrons. The number of nitrogens with one attached hydrogen (secondary N) is 1. The maximum atomic E-state index is 5.75. The standard InChI is InChI=1S/C16H27NO3/c1-5-7-10-20-12-15(17-6-2)14-9-8-13(18-3)11-16(14)19-4/h8-9,11,15,17H,5-7,10,12H2,1-4H3. The third kappa shape index (κ3) is 5.02. The van der Waals surface area contributed by atoms with Crippen LogP contribution in [0.4, 0.5) is 0 Å². The second kappa shape index (κ2) is 9.61. The number of benzene rings is 1. The summed E-state index contributed by atoms with van der Waals surface area (Å²) in [6, 6.07) is 6.03. The summed E-state index contributed by atoms with van der Waals surface area (Å²) in [5.41, 5.74) is 1.10. The van der Waals surface area contributed by atoms with Gasteiger partial charge in [-0.25, -0.2) is 0 Å². The van der Waals surface area contributed by atoms with Crippen LogP contribution in [0.5, 0.6) is 11.5 Å².